The Hall–Kier alpha value is -1.37. The highest BCUT2D eigenvalue weighted by atomic mass is 35.5. The summed E-state index contributed by atoms with van der Waals surface area (Å²) in [6.45, 7) is 2.91. The van der Waals surface area contributed by atoms with Gasteiger partial charge in [-0.3, -0.25) is 14.9 Å². The van der Waals surface area contributed by atoms with E-state index in [9.17, 15) is 14.9 Å². The van der Waals surface area contributed by atoms with Gasteiger partial charge >= 0.3 is 0 Å². The molecule has 1 saturated heterocycles. The van der Waals surface area contributed by atoms with Gasteiger partial charge in [-0.2, -0.15) is 0 Å². The van der Waals surface area contributed by atoms with Crippen LogP contribution in [-0.2, 0) is 4.74 Å². The van der Waals surface area contributed by atoms with E-state index in [4.69, 9.17) is 27.9 Å². The van der Waals surface area contributed by atoms with Crippen molar-refractivity contribution in [2.75, 3.05) is 13.2 Å². The molecule has 114 valence electrons. The van der Waals surface area contributed by atoms with E-state index >= 15 is 0 Å². The molecule has 1 aromatic carbocycles. The van der Waals surface area contributed by atoms with Crippen LogP contribution in [0.3, 0.4) is 0 Å². The normalized spacial score (nSPS) is 21.9. The minimum absolute atomic E-state index is 0.0000875. The Morgan fingerprint density at radius 2 is 2.19 bits per heavy atom. The van der Waals surface area contributed by atoms with Gasteiger partial charge in [0.1, 0.15) is 0 Å². The molecule has 1 aromatic rings. The van der Waals surface area contributed by atoms with Crippen molar-refractivity contribution < 1.29 is 14.5 Å². The van der Waals surface area contributed by atoms with Gasteiger partial charge < -0.3 is 10.1 Å². The molecule has 8 heteroatoms. The molecule has 6 nitrogen and oxygen atoms in total. The molecule has 1 N–H and O–H groups in total. The summed E-state index contributed by atoms with van der Waals surface area (Å²) in [6.07, 6.45) is 1.60. The largest absolute Gasteiger partial charge is 0.379 e. The first-order valence-corrected chi connectivity index (χ1v) is 7.12. The third kappa shape index (κ3) is 3.64. The second-order valence-corrected chi connectivity index (χ2v) is 6.00. The van der Waals surface area contributed by atoms with Crippen molar-refractivity contribution >= 4 is 34.8 Å². The van der Waals surface area contributed by atoms with E-state index in [0.717, 1.165) is 25.0 Å². The molecule has 1 unspecified atom stereocenters. The molecule has 0 aromatic heterocycles. The van der Waals surface area contributed by atoms with Crippen LogP contribution in [0, 0.1) is 10.1 Å². The van der Waals surface area contributed by atoms with Gasteiger partial charge in [-0.15, -0.1) is 0 Å². The van der Waals surface area contributed by atoms with Crippen LogP contribution in [-0.4, -0.2) is 29.6 Å². The first-order valence-electron chi connectivity index (χ1n) is 6.36. The van der Waals surface area contributed by atoms with Gasteiger partial charge in [0.2, 0.25) is 0 Å². The number of nitrogens with zero attached hydrogens (tertiary/aromatic N) is 1. The highest BCUT2D eigenvalue weighted by Crippen LogP contribution is 2.31. The average molecular weight is 333 g/mol. The van der Waals surface area contributed by atoms with Gasteiger partial charge in [-0.05, 0) is 19.8 Å². The Balaban J connectivity index is 2.28. The maximum atomic E-state index is 12.3. The number of halogens is 2. The van der Waals surface area contributed by atoms with E-state index in [1.165, 1.54) is 0 Å². The van der Waals surface area contributed by atoms with E-state index < -0.39 is 16.4 Å². The summed E-state index contributed by atoms with van der Waals surface area (Å²) in [5, 5.41) is 13.6. The molecule has 1 aliphatic rings. The lowest BCUT2D eigenvalue weighted by molar-refractivity contribution is -0.384. The minimum Gasteiger partial charge on any atom is -0.379 e. The van der Waals surface area contributed by atoms with Crippen molar-refractivity contribution in [3.05, 3.63) is 37.9 Å². The molecule has 1 fully saturated rings. The average Bonchev–Trinajstić information content (AvgIpc) is 2.41. The Bertz CT molecular complexity index is 586. The van der Waals surface area contributed by atoms with E-state index in [-0.39, 0.29) is 21.3 Å². The number of rotatable bonds is 3. The van der Waals surface area contributed by atoms with Crippen LogP contribution in [0.2, 0.25) is 10.0 Å². The standard InChI is InChI=1S/C13H14Cl2N2O4/c1-13(3-2-4-21-7-13)16-12(18)9-5-8(17(19)20)6-10(14)11(9)15/h5-6H,2-4,7H2,1H3,(H,16,18). The van der Waals surface area contributed by atoms with Crippen LogP contribution >= 0.6 is 23.2 Å². The summed E-state index contributed by atoms with van der Waals surface area (Å²) >= 11 is 11.8. The molecule has 1 aliphatic heterocycles. The van der Waals surface area contributed by atoms with Gasteiger partial charge in [0, 0.05) is 18.7 Å². The van der Waals surface area contributed by atoms with Crippen LogP contribution in [0.1, 0.15) is 30.1 Å². The zero-order chi connectivity index (χ0) is 15.6. The third-order valence-corrected chi connectivity index (χ3v) is 4.12. The van der Waals surface area contributed by atoms with E-state index in [2.05, 4.69) is 5.32 Å². The Morgan fingerprint density at radius 3 is 2.76 bits per heavy atom. The van der Waals surface area contributed by atoms with E-state index in [1.807, 2.05) is 6.92 Å². The molecule has 0 bridgehead atoms. The number of nitro benzene ring substituents is 1. The number of ether oxygens (including phenoxy) is 1. The minimum atomic E-state index is -0.621. The van der Waals surface area contributed by atoms with Crippen LogP contribution in [0.4, 0.5) is 5.69 Å². The van der Waals surface area contributed by atoms with Crippen molar-refractivity contribution in [3.8, 4) is 0 Å². The lowest BCUT2D eigenvalue weighted by Crippen LogP contribution is -2.51. The number of hydrogen-bond donors (Lipinski definition) is 1. The topological polar surface area (TPSA) is 81.5 Å². The Kier molecular flexibility index (Phi) is 4.70. The highest BCUT2D eigenvalue weighted by molar-refractivity contribution is 6.44. The van der Waals surface area contributed by atoms with E-state index in [0.29, 0.717) is 13.2 Å². The van der Waals surface area contributed by atoms with Crippen LogP contribution in [0.5, 0.6) is 0 Å². The quantitative estimate of drug-likeness (QED) is 0.680. The van der Waals surface area contributed by atoms with Gasteiger partial charge in [-0.25, -0.2) is 0 Å². The van der Waals surface area contributed by atoms with Crippen molar-refractivity contribution in [1.82, 2.24) is 5.32 Å². The Morgan fingerprint density at radius 1 is 1.48 bits per heavy atom. The van der Waals surface area contributed by atoms with Crippen LogP contribution in [0.15, 0.2) is 12.1 Å². The fraction of sp³-hybridized carbons (Fsp3) is 0.462. The molecule has 21 heavy (non-hydrogen) atoms. The molecule has 0 radical (unpaired) electrons. The highest BCUT2D eigenvalue weighted by Gasteiger charge is 2.31. The summed E-state index contributed by atoms with van der Waals surface area (Å²) in [6, 6.07) is 2.24. The number of nitrogens with one attached hydrogen (secondary N) is 1. The molecular weight excluding hydrogens is 319 g/mol. The molecule has 1 heterocycles. The second kappa shape index (κ2) is 6.17. The summed E-state index contributed by atoms with van der Waals surface area (Å²) in [7, 11) is 0. The first-order chi connectivity index (χ1) is 9.82. The third-order valence-electron chi connectivity index (χ3n) is 3.32. The molecule has 1 amide bonds. The zero-order valence-electron chi connectivity index (χ0n) is 11.3. The number of carbonyl (C=O) groups excluding carboxylic acids is 1. The van der Waals surface area contributed by atoms with Gasteiger partial charge in [0.15, 0.2) is 0 Å². The van der Waals surface area contributed by atoms with Crippen molar-refractivity contribution in [2.45, 2.75) is 25.3 Å². The predicted octanol–water partition coefficient (Wildman–Crippen LogP) is 3.20. The number of non-ortho nitro benzene ring substituents is 1. The molecular formula is C13H14Cl2N2O4. The number of amides is 1. The number of benzene rings is 1. The van der Waals surface area contributed by atoms with Gasteiger partial charge in [-0.1, -0.05) is 23.2 Å². The summed E-state index contributed by atoms with van der Waals surface area (Å²) in [5.41, 5.74) is -0.808. The fourth-order valence-electron chi connectivity index (χ4n) is 2.22. The van der Waals surface area contributed by atoms with Gasteiger partial charge in [0.05, 0.1) is 32.7 Å². The Labute approximate surface area is 131 Å². The van der Waals surface area contributed by atoms with Gasteiger partial charge in [0.25, 0.3) is 11.6 Å². The second-order valence-electron chi connectivity index (χ2n) is 5.22. The van der Waals surface area contributed by atoms with Crippen LogP contribution < -0.4 is 5.32 Å². The van der Waals surface area contributed by atoms with Crippen LogP contribution in [0.25, 0.3) is 0 Å². The molecule has 0 saturated carbocycles. The number of hydrogen-bond acceptors (Lipinski definition) is 4. The molecule has 0 aliphatic carbocycles. The van der Waals surface area contributed by atoms with Crippen molar-refractivity contribution in [2.24, 2.45) is 0 Å². The molecule has 0 spiro atoms. The van der Waals surface area contributed by atoms with Crippen molar-refractivity contribution in [1.29, 1.82) is 0 Å². The first kappa shape index (κ1) is 16.0. The summed E-state index contributed by atoms with van der Waals surface area (Å²) < 4.78 is 5.36. The lowest BCUT2D eigenvalue weighted by Gasteiger charge is -2.34. The number of carbonyl (C=O) groups is 1. The molecule has 2 rings (SSSR count). The van der Waals surface area contributed by atoms with Crippen molar-refractivity contribution in [3.63, 3.8) is 0 Å². The lowest BCUT2D eigenvalue weighted by atomic mass is 9.94. The fourth-order valence-corrected chi connectivity index (χ4v) is 2.63. The maximum Gasteiger partial charge on any atom is 0.271 e. The molecule has 1 atom stereocenters. The maximum absolute atomic E-state index is 12.3. The smallest absolute Gasteiger partial charge is 0.271 e. The summed E-state index contributed by atoms with van der Waals surface area (Å²) in [4.78, 5) is 22.6. The zero-order valence-corrected chi connectivity index (χ0v) is 12.8. The number of nitro groups is 1. The predicted molar refractivity (Wildman–Crippen MR) is 79.0 cm³/mol. The SMILES string of the molecule is CC1(NC(=O)c2cc([N+](=O)[O-])cc(Cl)c2Cl)CCCOC1. The monoisotopic (exact) mass is 332 g/mol. The van der Waals surface area contributed by atoms with E-state index in [1.54, 1.807) is 0 Å². The summed E-state index contributed by atoms with van der Waals surface area (Å²) in [5.74, 6) is -0.501.